The number of benzene rings is 1. The zero-order valence-electron chi connectivity index (χ0n) is 16.2. The lowest BCUT2D eigenvalue weighted by Crippen LogP contribution is -2.52. The van der Waals surface area contributed by atoms with E-state index in [2.05, 4.69) is 15.5 Å². The van der Waals surface area contributed by atoms with E-state index < -0.39 is 11.7 Å². The van der Waals surface area contributed by atoms with Crippen molar-refractivity contribution in [1.29, 1.82) is 0 Å². The van der Waals surface area contributed by atoms with Crippen LogP contribution in [0.1, 0.15) is 36.8 Å². The maximum atomic E-state index is 12.7. The molecular weight excluding hydrogens is 367 g/mol. The van der Waals surface area contributed by atoms with E-state index in [-0.39, 0.29) is 0 Å². The quantitative estimate of drug-likeness (QED) is 0.801. The number of alkyl halides is 3. The second-order valence-corrected chi connectivity index (χ2v) is 8.42. The second-order valence-electron chi connectivity index (χ2n) is 8.42. The van der Waals surface area contributed by atoms with Gasteiger partial charge in [-0.25, -0.2) is 0 Å². The van der Waals surface area contributed by atoms with Gasteiger partial charge in [-0.2, -0.15) is 13.2 Å². The highest BCUT2D eigenvalue weighted by atomic mass is 19.4. The Kier molecular flexibility index (Phi) is 6.25. The molecule has 0 spiro atoms. The molecule has 0 bridgehead atoms. The van der Waals surface area contributed by atoms with Gasteiger partial charge < -0.3 is 15.4 Å². The first-order valence-corrected chi connectivity index (χ1v) is 10.4. The van der Waals surface area contributed by atoms with Crippen LogP contribution in [0.2, 0.25) is 0 Å². The van der Waals surface area contributed by atoms with Gasteiger partial charge in [0.05, 0.1) is 18.8 Å². The van der Waals surface area contributed by atoms with E-state index >= 15 is 0 Å². The highest BCUT2D eigenvalue weighted by Crippen LogP contribution is 2.31. The maximum Gasteiger partial charge on any atom is 0.416 e. The van der Waals surface area contributed by atoms with Crippen LogP contribution >= 0.6 is 0 Å². The normalized spacial score (nSPS) is 32.1. The molecule has 156 valence electrons. The predicted octanol–water partition coefficient (Wildman–Crippen LogP) is 3.03. The van der Waals surface area contributed by atoms with Crippen molar-refractivity contribution < 1.29 is 17.9 Å². The molecule has 3 aliphatic rings. The Morgan fingerprint density at radius 3 is 2.68 bits per heavy atom. The summed E-state index contributed by atoms with van der Waals surface area (Å²) in [5.41, 5.74) is 0.362. The highest BCUT2D eigenvalue weighted by molar-refractivity contribution is 5.24. The molecular formula is C21H30F3N3O. The molecule has 0 amide bonds. The average Bonchev–Trinajstić information content (AvgIpc) is 3.32. The number of hydrogen-bond acceptors (Lipinski definition) is 4. The van der Waals surface area contributed by atoms with Crippen LogP contribution in [0.25, 0.3) is 0 Å². The van der Waals surface area contributed by atoms with Gasteiger partial charge in [0, 0.05) is 44.3 Å². The van der Waals surface area contributed by atoms with Crippen molar-refractivity contribution in [2.45, 2.75) is 56.5 Å². The lowest BCUT2D eigenvalue weighted by atomic mass is 9.93. The van der Waals surface area contributed by atoms with Gasteiger partial charge in [0.25, 0.3) is 0 Å². The summed E-state index contributed by atoms with van der Waals surface area (Å²) in [4.78, 5) is 2.34. The molecule has 2 saturated heterocycles. The summed E-state index contributed by atoms with van der Waals surface area (Å²) < 4.78 is 43.8. The minimum atomic E-state index is -4.27. The smallest absolute Gasteiger partial charge is 0.379 e. The van der Waals surface area contributed by atoms with Crippen LogP contribution in [0.15, 0.2) is 24.3 Å². The Balaban J connectivity index is 1.27. The topological polar surface area (TPSA) is 36.5 Å². The molecule has 4 atom stereocenters. The Morgan fingerprint density at radius 1 is 1.14 bits per heavy atom. The molecule has 4 nitrogen and oxygen atoms in total. The van der Waals surface area contributed by atoms with Crippen molar-refractivity contribution in [3.05, 3.63) is 35.4 Å². The third kappa shape index (κ3) is 4.87. The number of likely N-dealkylation sites (tertiary alicyclic amines) is 1. The number of nitrogens with zero attached hydrogens (tertiary/aromatic N) is 1. The minimum absolute atomic E-state index is 0.457. The summed E-state index contributed by atoms with van der Waals surface area (Å²) in [5, 5.41) is 7.50. The van der Waals surface area contributed by atoms with Crippen LogP contribution < -0.4 is 10.6 Å². The molecule has 4 unspecified atom stereocenters. The number of rotatable bonds is 5. The average molecular weight is 397 g/mol. The molecule has 1 aliphatic carbocycles. The number of hydrogen-bond donors (Lipinski definition) is 2. The summed E-state index contributed by atoms with van der Waals surface area (Å²) in [7, 11) is 0. The number of morpholine rings is 1. The molecule has 0 aromatic heterocycles. The molecule has 1 saturated carbocycles. The first-order valence-electron chi connectivity index (χ1n) is 10.4. The predicted molar refractivity (Wildman–Crippen MR) is 102 cm³/mol. The van der Waals surface area contributed by atoms with E-state index in [1.54, 1.807) is 12.1 Å². The van der Waals surface area contributed by atoms with Crippen LogP contribution in [0.3, 0.4) is 0 Å². The van der Waals surface area contributed by atoms with Crippen molar-refractivity contribution in [3.63, 3.8) is 0 Å². The summed E-state index contributed by atoms with van der Waals surface area (Å²) in [6.07, 6.45) is 0.567. The van der Waals surface area contributed by atoms with Gasteiger partial charge in [-0.3, -0.25) is 4.90 Å². The zero-order chi connectivity index (χ0) is 19.6. The maximum absolute atomic E-state index is 12.7. The first-order chi connectivity index (χ1) is 13.5. The second kappa shape index (κ2) is 8.69. The van der Waals surface area contributed by atoms with Gasteiger partial charge in [0.1, 0.15) is 0 Å². The van der Waals surface area contributed by atoms with E-state index in [0.717, 1.165) is 44.8 Å². The fraction of sp³-hybridized carbons (Fsp3) is 0.714. The summed E-state index contributed by atoms with van der Waals surface area (Å²) in [5.74, 6) is 0.629. The Bertz CT molecular complexity index is 631. The van der Waals surface area contributed by atoms with Gasteiger partial charge in [0.2, 0.25) is 0 Å². The van der Waals surface area contributed by atoms with Crippen molar-refractivity contribution >= 4 is 0 Å². The SMILES string of the molecule is FC(F)(F)c1ccc(CN2CCC(NC3CCCC3C3COCCN3)C2)cc1. The van der Waals surface area contributed by atoms with E-state index in [9.17, 15) is 13.2 Å². The van der Waals surface area contributed by atoms with E-state index in [1.165, 1.54) is 31.4 Å². The highest BCUT2D eigenvalue weighted by Gasteiger charge is 2.36. The van der Waals surface area contributed by atoms with Gasteiger partial charge in [-0.05, 0) is 42.9 Å². The van der Waals surface area contributed by atoms with Crippen LogP contribution in [-0.2, 0) is 17.5 Å². The summed E-state index contributed by atoms with van der Waals surface area (Å²) in [6.45, 7) is 5.22. The third-order valence-electron chi connectivity index (χ3n) is 6.45. The molecule has 2 aliphatic heterocycles. The molecule has 1 aromatic rings. The van der Waals surface area contributed by atoms with Gasteiger partial charge in [0.15, 0.2) is 0 Å². The van der Waals surface area contributed by atoms with Crippen LogP contribution in [-0.4, -0.2) is 55.9 Å². The van der Waals surface area contributed by atoms with Crippen LogP contribution in [0.5, 0.6) is 0 Å². The zero-order valence-corrected chi connectivity index (χ0v) is 16.2. The van der Waals surface area contributed by atoms with E-state index in [4.69, 9.17) is 4.74 Å². The molecule has 1 aromatic carbocycles. The number of nitrogens with one attached hydrogen (secondary N) is 2. The molecule has 28 heavy (non-hydrogen) atoms. The van der Waals surface area contributed by atoms with Crippen molar-refractivity contribution in [2.24, 2.45) is 5.92 Å². The van der Waals surface area contributed by atoms with E-state index in [1.807, 2.05) is 0 Å². The molecule has 0 radical (unpaired) electrons. The largest absolute Gasteiger partial charge is 0.416 e. The van der Waals surface area contributed by atoms with Crippen molar-refractivity contribution in [3.8, 4) is 0 Å². The van der Waals surface area contributed by atoms with Gasteiger partial charge >= 0.3 is 6.18 Å². The number of halogens is 3. The number of ether oxygens (including phenoxy) is 1. The Labute approximate surface area is 164 Å². The van der Waals surface area contributed by atoms with Crippen LogP contribution in [0.4, 0.5) is 13.2 Å². The lowest BCUT2D eigenvalue weighted by Gasteiger charge is -2.34. The first kappa shape index (κ1) is 20.1. The summed E-state index contributed by atoms with van der Waals surface area (Å²) in [6, 6.07) is 7.03. The molecule has 4 rings (SSSR count). The van der Waals surface area contributed by atoms with Crippen molar-refractivity contribution in [1.82, 2.24) is 15.5 Å². The minimum Gasteiger partial charge on any atom is -0.379 e. The van der Waals surface area contributed by atoms with E-state index in [0.29, 0.717) is 30.6 Å². The van der Waals surface area contributed by atoms with Crippen LogP contribution in [0, 0.1) is 5.92 Å². The fourth-order valence-corrected chi connectivity index (χ4v) is 5.01. The molecule has 2 N–H and O–H groups in total. The third-order valence-corrected chi connectivity index (χ3v) is 6.45. The monoisotopic (exact) mass is 397 g/mol. The fourth-order valence-electron chi connectivity index (χ4n) is 5.01. The molecule has 2 heterocycles. The standard InChI is InChI=1S/C21H30F3N3O/c22-21(23,24)16-6-4-15(5-7-16)12-27-10-8-17(13-27)26-19-3-1-2-18(19)20-14-28-11-9-25-20/h4-7,17-20,25-26H,1-3,8-14H2. The summed E-state index contributed by atoms with van der Waals surface area (Å²) >= 11 is 0. The molecule has 3 fully saturated rings. The van der Waals surface area contributed by atoms with Gasteiger partial charge in [-0.15, -0.1) is 0 Å². The van der Waals surface area contributed by atoms with Crippen molar-refractivity contribution in [2.75, 3.05) is 32.8 Å². The lowest BCUT2D eigenvalue weighted by molar-refractivity contribution is -0.137. The Hall–Kier alpha value is -1.15. The Morgan fingerprint density at radius 2 is 1.96 bits per heavy atom. The molecule has 7 heteroatoms. The van der Waals surface area contributed by atoms with Gasteiger partial charge in [-0.1, -0.05) is 18.6 Å².